The Morgan fingerprint density at radius 3 is 2.57 bits per heavy atom. The summed E-state index contributed by atoms with van der Waals surface area (Å²) in [4.78, 5) is 36.7. The van der Waals surface area contributed by atoms with Gasteiger partial charge in [0.2, 0.25) is 5.91 Å². The lowest BCUT2D eigenvalue weighted by molar-refractivity contribution is -0.155. The zero-order valence-corrected chi connectivity index (χ0v) is 13.2. The number of carbonyl (C=O) groups is 3. The second-order valence-corrected chi connectivity index (χ2v) is 5.27. The van der Waals surface area contributed by atoms with Gasteiger partial charge in [-0.05, 0) is 37.6 Å². The van der Waals surface area contributed by atoms with E-state index in [9.17, 15) is 14.4 Å². The smallest absolute Gasteiger partial charge is 0.326 e. The first kappa shape index (κ1) is 16.8. The molecule has 2 rings (SSSR count). The Hall–Kier alpha value is -2.57. The van der Waals surface area contributed by atoms with Crippen LogP contribution in [0.3, 0.4) is 0 Å². The molecule has 1 aliphatic rings. The first-order valence-electron chi connectivity index (χ1n) is 7.42. The number of rotatable bonds is 6. The standard InChI is InChI=1S/C16H20N2O5/c1-11(23-15(20)10-18-9-3-4-14(18)19)16(21)17-12-5-7-13(22-2)8-6-12/h5-8,11H,3-4,9-10H2,1-2H3,(H,17,21)/t11-/m0/s1. The van der Waals surface area contributed by atoms with Crippen LogP contribution in [-0.2, 0) is 19.1 Å². The van der Waals surface area contributed by atoms with Gasteiger partial charge in [-0.2, -0.15) is 0 Å². The first-order chi connectivity index (χ1) is 11.0. The molecule has 7 nitrogen and oxygen atoms in total. The third kappa shape index (κ3) is 4.70. The molecule has 1 N–H and O–H groups in total. The third-order valence-electron chi connectivity index (χ3n) is 3.53. The summed E-state index contributed by atoms with van der Waals surface area (Å²) >= 11 is 0. The van der Waals surface area contributed by atoms with Gasteiger partial charge < -0.3 is 19.7 Å². The van der Waals surface area contributed by atoms with E-state index < -0.39 is 18.0 Å². The Balaban J connectivity index is 1.81. The van der Waals surface area contributed by atoms with Gasteiger partial charge in [0.05, 0.1) is 7.11 Å². The predicted octanol–water partition coefficient (Wildman–Crippen LogP) is 1.19. The SMILES string of the molecule is COc1ccc(NC(=O)[C@H](C)OC(=O)CN2CCCC2=O)cc1. The molecule has 2 amide bonds. The lowest BCUT2D eigenvalue weighted by Crippen LogP contribution is -2.36. The summed E-state index contributed by atoms with van der Waals surface area (Å²) in [7, 11) is 1.56. The highest BCUT2D eigenvalue weighted by atomic mass is 16.5. The van der Waals surface area contributed by atoms with Crippen LogP contribution >= 0.6 is 0 Å². The fourth-order valence-electron chi connectivity index (χ4n) is 2.23. The second-order valence-electron chi connectivity index (χ2n) is 5.27. The normalized spacial score (nSPS) is 15.2. The summed E-state index contributed by atoms with van der Waals surface area (Å²) < 4.78 is 10.1. The van der Waals surface area contributed by atoms with Crippen molar-refractivity contribution in [1.29, 1.82) is 0 Å². The number of likely N-dealkylation sites (tertiary alicyclic amines) is 1. The van der Waals surface area contributed by atoms with E-state index in [0.717, 1.165) is 6.42 Å². The molecule has 0 aromatic heterocycles. The molecular formula is C16H20N2O5. The molecule has 1 aromatic carbocycles. The van der Waals surface area contributed by atoms with E-state index in [1.54, 1.807) is 31.4 Å². The van der Waals surface area contributed by atoms with Crippen LogP contribution in [-0.4, -0.2) is 49.0 Å². The van der Waals surface area contributed by atoms with Crippen LogP contribution in [0.2, 0.25) is 0 Å². The van der Waals surface area contributed by atoms with Crippen LogP contribution in [0.25, 0.3) is 0 Å². The molecule has 1 aromatic rings. The number of anilines is 1. The lowest BCUT2D eigenvalue weighted by atomic mass is 10.3. The van der Waals surface area contributed by atoms with E-state index in [1.807, 2.05) is 0 Å². The monoisotopic (exact) mass is 320 g/mol. The van der Waals surface area contributed by atoms with Crippen molar-refractivity contribution >= 4 is 23.5 Å². The van der Waals surface area contributed by atoms with E-state index in [4.69, 9.17) is 9.47 Å². The highest BCUT2D eigenvalue weighted by Crippen LogP contribution is 2.15. The Morgan fingerprint density at radius 1 is 1.30 bits per heavy atom. The molecular weight excluding hydrogens is 300 g/mol. The number of esters is 1. The maximum absolute atomic E-state index is 12.0. The molecule has 1 aliphatic heterocycles. The Morgan fingerprint density at radius 2 is 2.00 bits per heavy atom. The molecule has 0 spiro atoms. The van der Waals surface area contributed by atoms with Crippen molar-refractivity contribution in [3.63, 3.8) is 0 Å². The highest BCUT2D eigenvalue weighted by molar-refractivity contribution is 5.95. The first-order valence-corrected chi connectivity index (χ1v) is 7.42. The van der Waals surface area contributed by atoms with E-state index >= 15 is 0 Å². The topological polar surface area (TPSA) is 84.9 Å². The quantitative estimate of drug-likeness (QED) is 0.796. The van der Waals surface area contributed by atoms with Gasteiger partial charge in [-0.3, -0.25) is 14.4 Å². The van der Waals surface area contributed by atoms with Crippen molar-refractivity contribution in [1.82, 2.24) is 4.90 Å². The summed E-state index contributed by atoms with van der Waals surface area (Å²) in [5.74, 6) is -0.399. The molecule has 0 saturated carbocycles. The van der Waals surface area contributed by atoms with Crippen LogP contribution < -0.4 is 10.1 Å². The number of hydrogen-bond acceptors (Lipinski definition) is 5. The van der Waals surface area contributed by atoms with E-state index in [-0.39, 0.29) is 12.5 Å². The highest BCUT2D eigenvalue weighted by Gasteiger charge is 2.25. The van der Waals surface area contributed by atoms with Crippen molar-refractivity contribution in [2.45, 2.75) is 25.9 Å². The molecule has 1 saturated heterocycles. The third-order valence-corrected chi connectivity index (χ3v) is 3.53. The number of hydrogen-bond donors (Lipinski definition) is 1. The van der Waals surface area contributed by atoms with Gasteiger partial charge in [-0.15, -0.1) is 0 Å². The molecule has 7 heteroatoms. The zero-order valence-electron chi connectivity index (χ0n) is 13.2. The molecule has 0 unspecified atom stereocenters. The van der Waals surface area contributed by atoms with Crippen molar-refractivity contribution in [2.24, 2.45) is 0 Å². The lowest BCUT2D eigenvalue weighted by Gasteiger charge is -2.17. The van der Waals surface area contributed by atoms with Crippen LogP contribution in [0.4, 0.5) is 5.69 Å². The molecule has 1 fully saturated rings. The number of ether oxygens (including phenoxy) is 2. The summed E-state index contributed by atoms with van der Waals surface area (Å²) in [6, 6.07) is 6.80. The van der Waals surface area contributed by atoms with Gasteiger partial charge in [0, 0.05) is 18.7 Å². The van der Waals surface area contributed by atoms with Gasteiger partial charge >= 0.3 is 5.97 Å². The van der Waals surface area contributed by atoms with Crippen molar-refractivity contribution < 1.29 is 23.9 Å². The number of benzene rings is 1. The van der Waals surface area contributed by atoms with E-state index in [1.165, 1.54) is 11.8 Å². The summed E-state index contributed by atoms with van der Waals surface area (Å²) in [5, 5.41) is 2.65. The molecule has 0 aliphatic carbocycles. The molecule has 23 heavy (non-hydrogen) atoms. The summed E-state index contributed by atoms with van der Waals surface area (Å²) in [6.45, 7) is 1.93. The van der Waals surface area contributed by atoms with Gasteiger partial charge in [0.15, 0.2) is 6.10 Å². The summed E-state index contributed by atoms with van der Waals surface area (Å²) in [6.07, 6.45) is 0.266. The predicted molar refractivity (Wildman–Crippen MR) is 83.0 cm³/mol. The number of nitrogens with zero attached hydrogens (tertiary/aromatic N) is 1. The average Bonchev–Trinajstić information content (AvgIpc) is 2.93. The molecule has 1 atom stereocenters. The fourth-order valence-corrected chi connectivity index (χ4v) is 2.23. The average molecular weight is 320 g/mol. The Bertz CT molecular complexity index is 585. The Labute approximate surface area is 134 Å². The van der Waals surface area contributed by atoms with Crippen molar-refractivity contribution in [3.05, 3.63) is 24.3 Å². The number of methoxy groups -OCH3 is 1. The van der Waals surface area contributed by atoms with Crippen molar-refractivity contribution in [3.8, 4) is 5.75 Å². The number of nitrogens with one attached hydrogen (secondary N) is 1. The Kier molecular flexibility index (Phi) is 5.56. The minimum Gasteiger partial charge on any atom is -0.497 e. The minimum atomic E-state index is -0.942. The fraction of sp³-hybridized carbons (Fsp3) is 0.438. The second kappa shape index (κ2) is 7.62. The van der Waals surface area contributed by atoms with Crippen LogP contribution in [0.5, 0.6) is 5.75 Å². The van der Waals surface area contributed by atoms with E-state index in [0.29, 0.717) is 24.4 Å². The van der Waals surface area contributed by atoms with Crippen molar-refractivity contribution in [2.75, 3.05) is 25.5 Å². The molecule has 124 valence electrons. The zero-order chi connectivity index (χ0) is 16.8. The maximum Gasteiger partial charge on any atom is 0.326 e. The van der Waals surface area contributed by atoms with Gasteiger partial charge in [-0.25, -0.2) is 0 Å². The summed E-state index contributed by atoms with van der Waals surface area (Å²) in [5.41, 5.74) is 0.577. The minimum absolute atomic E-state index is 0.0581. The molecule has 1 heterocycles. The van der Waals surface area contributed by atoms with Gasteiger partial charge in [0.25, 0.3) is 5.91 Å². The van der Waals surface area contributed by atoms with Crippen LogP contribution in [0.1, 0.15) is 19.8 Å². The van der Waals surface area contributed by atoms with Crippen LogP contribution in [0, 0.1) is 0 Å². The maximum atomic E-state index is 12.0. The van der Waals surface area contributed by atoms with E-state index in [2.05, 4.69) is 5.32 Å². The molecule has 0 bridgehead atoms. The van der Waals surface area contributed by atoms with Gasteiger partial charge in [-0.1, -0.05) is 0 Å². The molecule has 0 radical (unpaired) electrons. The number of carbonyl (C=O) groups excluding carboxylic acids is 3. The van der Waals surface area contributed by atoms with Crippen LogP contribution in [0.15, 0.2) is 24.3 Å². The van der Waals surface area contributed by atoms with Gasteiger partial charge in [0.1, 0.15) is 12.3 Å². The largest absolute Gasteiger partial charge is 0.497 e. The number of amides is 2.